The average molecular weight is 194 g/mol. The van der Waals surface area contributed by atoms with Crippen LogP contribution in [0.3, 0.4) is 0 Å². The molecule has 0 spiro atoms. The van der Waals surface area contributed by atoms with Crippen molar-refractivity contribution in [1.29, 1.82) is 0 Å². The molecular weight excluding hydrogens is 184 g/mol. The monoisotopic (exact) mass is 194 g/mol. The van der Waals surface area contributed by atoms with Crippen LogP contribution < -0.4 is 0 Å². The van der Waals surface area contributed by atoms with Gasteiger partial charge >= 0.3 is 0 Å². The number of hydrogen-bond acceptors (Lipinski definition) is 2. The van der Waals surface area contributed by atoms with Crippen molar-refractivity contribution in [1.82, 2.24) is 0 Å². The molecule has 1 unspecified atom stereocenters. The summed E-state index contributed by atoms with van der Waals surface area (Å²) in [6.07, 6.45) is 3.47. The molecule has 68 valence electrons. The van der Waals surface area contributed by atoms with Crippen LogP contribution in [0, 0.1) is 0 Å². The summed E-state index contributed by atoms with van der Waals surface area (Å²) in [6.45, 7) is 0. The van der Waals surface area contributed by atoms with Crippen molar-refractivity contribution in [2.45, 2.75) is 5.25 Å². The first-order valence-corrected chi connectivity index (χ1v) is 5.85. The predicted octanol–water partition coefficient (Wildman–Crippen LogP) is 1.71. The molecule has 0 radical (unpaired) electrons. The van der Waals surface area contributed by atoms with E-state index in [0.717, 1.165) is 5.56 Å². The molecule has 0 amide bonds. The highest BCUT2D eigenvalue weighted by Gasteiger charge is 2.27. The van der Waals surface area contributed by atoms with Gasteiger partial charge in [0.1, 0.15) is 5.25 Å². The van der Waals surface area contributed by atoms with Crippen LogP contribution in [-0.4, -0.2) is 14.2 Å². The van der Waals surface area contributed by atoms with E-state index < -0.39 is 15.1 Å². The lowest BCUT2D eigenvalue weighted by molar-refractivity contribution is 0.596. The Labute approximate surface area is 77.8 Å². The summed E-state index contributed by atoms with van der Waals surface area (Å²) in [4.78, 5) is 0. The van der Waals surface area contributed by atoms with Crippen LogP contribution in [0.5, 0.6) is 0 Å². The Morgan fingerprint density at radius 1 is 1.15 bits per heavy atom. The third kappa shape index (κ3) is 1.52. The zero-order chi connectivity index (χ0) is 9.31. The second kappa shape index (κ2) is 3.00. The normalized spacial score (nSPS) is 24.8. The molecule has 0 N–H and O–H groups in total. The van der Waals surface area contributed by atoms with E-state index in [1.807, 2.05) is 30.3 Å². The highest BCUT2D eigenvalue weighted by molar-refractivity contribution is 7.92. The summed E-state index contributed by atoms with van der Waals surface area (Å²) in [6, 6.07) is 9.29. The lowest BCUT2D eigenvalue weighted by Gasteiger charge is -2.07. The smallest absolute Gasteiger partial charge is 0.164 e. The third-order valence-corrected chi connectivity index (χ3v) is 4.01. The van der Waals surface area contributed by atoms with Crippen LogP contribution in [0.4, 0.5) is 0 Å². The Morgan fingerprint density at radius 2 is 1.85 bits per heavy atom. The van der Waals surface area contributed by atoms with Crippen molar-refractivity contribution in [3.63, 3.8) is 0 Å². The van der Waals surface area contributed by atoms with Gasteiger partial charge in [0, 0.05) is 0 Å². The topological polar surface area (TPSA) is 34.1 Å². The van der Waals surface area contributed by atoms with Gasteiger partial charge in [-0.25, -0.2) is 8.42 Å². The Hall–Kier alpha value is -1.09. The third-order valence-electron chi connectivity index (χ3n) is 2.15. The van der Waals surface area contributed by atoms with Crippen LogP contribution in [0.1, 0.15) is 10.8 Å². The van der Waals surface area contributed by atoms with Crippen LogP contribution in [-0.2, 0) is 9.84 Å². The molecule has 1 aliphatic rings. The first kappa shape index (κ1) is 8.51. The van der Waals surface area contributed by atoms with Crippen molar-refractivity contribution in [2.24, 2.45) is 0 Å². The molecule has 0 aliphatic carbocycles. The molecule has 1 heterocycles. The minimum Gasteiger partial charge on any atom is -0.228 e. The molecule has 1 aromatic carbocycles. The van der Waals surface area contributed by atoms with Gasteiger partial charge in [0.05, 0.1) is 5.75 Å². The predicted molar refractivity (Wildman–Crippen MR) is 52.1 cm³/mol. The van der Waals surface area contributed by atoms with E-state index >= 15 is 0 Å². The highest BCUT2D eigenvalue weighted by atomic mass is 32.2. The van der Waals surface area contributed by atoms with Gasteiger partial charge < -0.3 is 0 Å². The quantitative estimate of drug-likeness (QED) is 0.638. The zero-order valence-electron chi connectivity index (χ0n) is 7.05. The van der Waals surface area contributed by atoms with E-state index in [0.29, 0.717) is 0 Å². The minimum absolute atomic E-state index is 0.173. The molecule has 1 atom stereocenters. The second-order valence-electron chi connectivity index (χ2n) is 3.09. The molecule has 0 saturated carbocycles. The summed E-state index contributed by atoms with van der Waals surface area (Å²) >= 11 is 0. The van der Waals surface area contributed by atoms with Gasteiger partial charge in [-0.15, -0.1) is 0 Å². The lowest BCUT2D eigenvalue weighted by Crippen LogP contribution is -2.08. The molecule has 0 bridgehead atoms. The van der Waals surface area contributed by atoms with Gasteiger partial charge in [-0.1, -0.05) is 42.5 Å². The summed E-state index contributed by atoms with van der Waals surface area (Å²) in [5.41, 5.74) is 0.858. The first-order valence-electron chi connectivity index (χ1n) is 4.13. The van der Waals surface area contributed by atoms with E-state index in [9.17, 15) is 8.42 Å². The standard InChI is InChI=1S/C10H10O2S/c11-13(12)8-4-7-10(13)9-5-2-1-3-6-9/h1-7,10H,8H2. The van der Waals surface area contributed by atoms with Crippen molar-refractivity contribution in [3.8, 4) is 0 Å². The largest absolute Gasteiger partial charge is 0.228 e. The molecule has 0 saturated heterocycles. The minimum atomic E-state index is -2.95. The number of benzene rings is 1. The summed E-state index contributed by atoms with van der Waals surface area (Å²) in [5, 5.41) is -0.423. The molecule has 0 aromatic heterocycles. The van der Waals surface area contributed by atoms with E-state index in [-0.39, 0.29) is 5.75 Å². The van der Waals surface area contributed by atoms with Gasteiger partial charge in [0.25, 0.3) is 0 Å². The van der Waals surface area contributed by atoms with E-state index in [4.69, 9.17) is 0 Å². The maximum Gasteiger partial charge on any atom is 0.164 e. The summed E-state index contributed by atoms with van der Waals surface area (Å²) in [7, 11) is -2.95. The molecule has 1 aromatic rings. The number of hydrogen-bond donors (Lipinski definition) is 0. The molecule has 2 nitrogen and oxygen atoms in total. The fourth-order valence-electron chi connectivity index (χ4n) is 1.50. The Kier molecular flexibility index (Phi) is 1.96. The Balaban J connectivity index is 2.43. The lowest BCUT2D eigenvalue weighted by atomic mass is 10.1. The van der Waals surface area contributed by atoms with Crippen LogP contribution in [0.2, 0.25) is 0 Å². The molecule has 2 rings (SSSR count). The van der Waals surface area contributed by atoms with Crippen LogP contribution in [0.15, 0.2) is 42.5 Å². The second-order valence-corrected chi connectivity index (χ2v) is 5.26. The van der Waals surface area contributed by atoms with Crippen molar-refractivity contribution >= 4 is 9.84 Å². The highest BCUT2D eigenvalue weighted by Crippen LogP contribution is 2.28. The van der Waals surface area contributed by atoms with Crippen molar-refractivity contribution < 1.29 is 8.42 Å². The first-order chi connectivity index (χ1) is 6.20. The van der Waals surface area contributed by atoms with Crippen LogP contribution in [0.25, 0.3) is 0 Å². The van der Waals surface area contributed by atoms with Gasteiger partial charge in [-0.05, 0) is 5.56 Å². The SMILES string of the molecule is O=S1(=O)CC=CC1c1ccccc1. The van der Waals surface area contributed by atoms with Gasteiger partial charge in [-0.3, -0.25) is 0 Å². The molecule has 1 aliphatic heterocycles. The maximum absolute atomic E-state index is 11.5. The summed E-state index contributed by atoms with van der Waals surface area (Å²) < 4.78 is 23.0. The molecule has 13 heavy (non-hydrogen) atoms. The van der Waals surface area contributed by atoms with Crippen LogP contribution >= 0.6 is 0 Å². The Morgan fingerprint density at radius 3 is 2.38 bits per heavy atom. The average Bonchev–Trinajstić information content (AvgIpc) is 2.47. The van der Waals surface area contributed by atoms with Gasteiger partial charge in [0.2, 0.25) is 0 Å². The molecule has 0 fully saturated rings. The van der Waals surface area contributed by atoms with E-state index in [2.05, 4.69) is 0 Å². The maximum atomic E-state index is 11.5. The number of rotatable bonds is 1. The van der Waals surface area contributed by atoms with E-state index in [1.54, 1.807) is 12.2 Å². The fraction of sp³-hybridized carbons (Fsp3) is 0.200. The fourth-order valence-corrected chi connectivity index (χ4v) is 3.01. The van der Waals surface area contributed by atoms with E-state index in [1.165, 1.54) is 0 Å². The number of sulfone groups is 1. The van der Waals surface area contributed by atoms with Gasteiger partial charge in [-0.2, -0.15) is 0 Å². The zero-order valence-corrected chi connectivity index (χ0v) is 7.87. The van der Waals surface area contributed by atoms with Crippen molar-refractivity contribution in [2.75, 3.05) is 5.75 Å². The van der Waals surface area contributed by atoms with Crippen molar-refractivity contribution in [3.05, 3.63) is 48.0 Å². The molecule has 3 heteroatoms. The molecular formula is C10H10O2S. The van der Waals surface area contributed by atoms with Gasteiger partial charge in [0.15, 0.2) is 9.84 Å². The Bertz CT molecular complexity index is 417. The summed E-state index contributed by atoms with van der Waals surface area (Å²) in [5.74, 6) is 0.173.